The smallest absolute Gasteiger partial charge is 0.267 e. The van der Waals surface area contributed by atoms with Gasteiger partial charge in [0, 0.05) is 19.5 Å². The maximum Gasteiger partial charge on any atom is 0.267 e. The molecule has 1 unspecified atom stereocenters. The Morgan fingerprint density at radius 3 is 2.71 bits per heavy atom. The lowest BCUT2D eigenvalue weighted by atomic mass is 9.95. The molecule has 5 nitrogen and oxygen atoms in total. The molecule has 1 aliphatic heterocycles. The number of amides is 1. The zero-order chi connectivity index (χ0) is 15.5. The molecule has 0 saturated carbocycles. The van der Waals surface area contributed by atoms with Crippen LogP contribution in [0, 0.1) is 5.82 Å². The summed E-state index contributed by atoms with van der Waals surface area (Å²) in [5, 5.41) is 6.81. The number of hydrogen-bond acceptors (Lipinski definition) is 4. The van der Waals surface area contributed by atoms with E-state index < -0.39 is 5.60 Å². The average Bonchev–Trinajstić information content (AvgIpc) is 2.83. The maximum atomic E-state index is 12.9. The largest absolute Gasteiger partial charge is 0.379 e. The van der Waals surface area contributed by atoms with E-state index in [1.165, 1.54) is 12.1 Å². The Hall–Kier alpha value is -1.95. The van der Waals surface area contributed by atoms with Gasteiger partial charge in [0.15, 0.2) is 0 Å². The van der Waals surface area contributed by atoms with Crippen molar-refractivity contribution in [1.82, 2.24) is 10.2 Å². The fourth-order valence-corrected chi connectivity index (χ4v) is 2.04. The lowest BCUT2D eigenvalue weighted by Gasteiger charge is -2.21. The van der Waals surface area contributed by atoms with Gasteiger partial charge in [0.2, 0.25) is 5.60 Å². The zero-order valence-electron chi connectivity index (χ0n) is 12.5. The van der Waals surface area contributed by atoms with Crippen LogP contribution in [0.1, 0.15) is 18.9 Å². The molecule has 0 radical (unpaired) electrons. The van der Waals surface area contributed by atoms with Crippen LogP contribution in [0.3, 0.4) is 0 Å². The predicted octanol–water partition coefficient (Wildman–Crippen LogP) is 1.39. The van der Waals surface area contributed by atoms with Gasteiger partial charge < -0.3 is 15.1 Å². The monoisotopic (exact) mass is 293 g/mol. The number of nitrogens with zero attached hydrogens (tertiary/aromatic N) is 2. The molecule has 1 heterocycles. The number of hydrogen-bond donors (Lipinski definition) is 1. The highest BCUT2D eigenvalue weighted by Gasteiger charge is 2.41. The third kappa shape index (κ3) is 3.78. The Morgan fingerprint density at radius 1 is 1.43 bits per heavy atom. The Kier molecular flexibility index (Phi) is 4.57. The van der Waals surface area contributed by atoms with Gasteiger partial charge in [-0.1, -0.05) is 17.3 Å². The van der Waals surface area contributed by atoms with Gasteiger partial charge in [0.25, 0.3) is 5.91 Å². The SMILES string of the molecule is CN(C)CCNC(=O)C1(C)CC(c2ccc(F)cc2)=NO1. The molecule has 21 heavy (non-hydrogen) atoms. The summed E-state index contributed by atoms with van der Waals surface area (Å²) >= 11 is 0. The predicted molar refractivity (Wildman–Crippen MR) is 78.6 cm³/mol. The molecule has 1 aromatic rings. The van der Waals surface area contributed by atoms with Crippen LogP contribution >= 0.6 is 0 Å². The number of carbonyl (C=O) groups excluding carboxylic acids is 1. The van der Waals surface area contributed by atoms with Gasteiger partial charge in [-0.25, -0.2) is 4.39 Å². The van der Waals surface area contributed by atoms with E-state index in [2.05, 4.69) is 10.5 Å². The van der Waals surface area contributed by atoms with Gasteiger partial charge in [-0.2, -0.15) is 0 Å². The molecule has 0 bridgehead atoms. The summed E-state index contributed by atoms with van der Waals surface area (Å²) in [5.41, 5.74) is 0.414. The molecule has 1 amide bonds. The fourth-order valence-electron chi connectivity index (χ4n) is 2.04. The van der Waals surface area contributed by atoms with E-state index in [4.69, 9.17) is 4.84 Å². The zero-order valence-corrected chi connectivity index (χ0v) is 12.5. The molecular formula is C15H20FN3O2. The molecule has 6 heteroatoms. The van der Waals surface area contributed by atoms with Crippen LogP contribution in [0.4, 0.5) is 4.39 Å². The van der Waals surface area contributed by atoms with Gasteiger partial charge in [-0.3, -0.25) is 4.79 Å². The molecule has 0 aliphatic carbocycles. The first-order valence-electron chi connectivity index (χ1n) is 6.85. The lowest BCUT2D eigenvalue weighted by Crippen LogP contribution is -2.46. The molecule has 1 aliphatic rings. The van der Waals surface area contributed by atoms with Crippen molar-refractivity contribution in [3.63, 3.8) is 0 Å². The lowest BCUT2D eigenvalue weighted by molar-refractivity contribution is -0.141. The second-order valence-electron chi connectivity index (χ2n) is 5.60. The van der Waals surface area contributed by atoms with Crippen molar-refractivity contribution >= 4 is 11.6 Å². The van der Waals surface area contributed by atoms with Crippen molar-refractivity contribution < 1.29 is 14.0 Å². The minimum Gasteiger partial charge on any atom is -0.379 e. The van der Waals surface area contributed by atoms with Crippen LogP contribution in [-0.4, -0.2) is 49.3 Å². The van der Waals surface area contributed by atoms with Crippen LogP contribution in [-0.2, 0) is 9.63 Å². The van der Waals surface area contributed by atoms with E-state index in [1.54, 1.807) is 19.1 Å². The number of benzene rings is 1. The fraction of sp³-hybridized carbons (Fsp3) is 0.467. The highest BCUT2D eigenvalue weighted by atomic mass is 19.1. The van der Waals surface area contributed by atoms with E-state index in [9.17, 15) is 9.18 Å². The standard InChI is InChI=1S/C15H20FN3O2/c1-15(14(20)17-8-9-19(2)3)10-13(18-21-15)11-4-6-12(16)7-5-11/h4-7H,8-10H2,1-3H3,(H,17,20). The topological polar surface area (TPSA) is 53.9 Å². The molecule has 1 aromatic carbocycles. The van der Waals surface area contributed by atoms with Crippen LogP contribution in [0.2, 0.25) is 0 Å². The maximum absolute atomic E-state index is 12.9. The Bertz CT molecular complexity index is 542. The minimum atomic E-state index is -1.00. The van der Waals surface area contributed by atoms with Crippen molar-refractivity contribution in [3.8, 4) is 0 Å². The van der Waals surface area contributed by atoms with E-state index in [0.29, 0.717) is 18.7 Å². The summed E-state index contributed by atoms with van der Waals surface area (Å²) < 4.78 is 12.9. The Morgan fingerprint density at radius 2 is 2.10 bits per heavy atom. The van der Waals surface area contributed by atoms with Crippen LogP contribution in [0.25, 0.3) is 0 Å². The molecule has 0 aromatic heterocycles. The summed E-state index contributed by atoms with van der Waals surface area (Å²) in [6.07, 6.45) is 0.367. The Labute approximate surface area is 123 Å². The number of oxime groups is 1. The van der Waals surface area contributed by atoms with E-state index in [0.717, 1.165) is 12.1 Å². The molecule has 0 spiro atoms. The van der Waals surface area contributed by atoms with Crippen LogP contribution in [0.15, 0.2) is 29.4 Å². The van der Waals surface area contributed by atoms with Crippen LogP contribution < -0.4 is 5.32 Å². The molecule has 0 saturated heterocycles. The number of nitrogens with one attached hydrogen (secondary N) is 1. The minimum absolute atomic E-state index is 0.190. The normalized spacial score (nSPS) is 21.1. The first-order valence-corrected chi connectivity index (χ1v) is 6.85. The molecule has 1 atom stereocenters. The Balaban J connectivity index is 1.95. The molecular weight excluding hydrogens is 273 g/mol. The summed E-state index contributed by atoms with van der Waals surface area (Å²) in [5.74, 6) is -0.493. The number of halogens is 1. The van der Waals surface area contributed by atoms with Gasteiger partial charge in [-0.05, 0) is 38.7 Å². The quantitative estimate of drug-likeness (QED) is 0.892. The highest BCUT2D eigenvalue weighted by molar-refractivity contribution is 6.05. The van der Waals surface area contributed by atoms with E-state index >= 15 is 0 Å². The number of rotatable bonds is 5. The first kappa shape index (κ1) is 15.4. The summed E-state index contributed by atoms with van der Waals surface area (Å²) in [6, 6.07) is 6.00. The van der Waals surface area contributed by atoms with Crippen molar-refractivity contribution in [3.05, 3.63) is 35.6 Å². The molecule has 2 rings (SSSR count). The van der Waals surface area contributed by atoms with Gasteiger partial charge in [0.05, 0.1) is 5.71 Å². The van der Waals surface area contributed by atoms with Gasteiger partial charge in [-0.15, -0.1) is 0 Å². The van der Waals surface area contributed by atoms with Gasteiger partial charge >= 0.3 is 0 Å². The third-order valence-electron chi connectivity index (χ3n) is 3.36. The molecule has 114 valence electrons. The van der Waals surface area contributed by atoms with Crippen molar-refractivity contribution in [2.75, 3.05) is 27.2 Å². The summed E-state index contributed by atoms with van der Waals surface area (Å²) in [4.78, 5) is 19.5. The highest BCUT2D eigenvalue weighted by Crippen LogP contribution is 2.26. The van der Waals surface area contributed by atoms with Crippen molar-refractivity contribution in [2.24, 2.45) is 5.16 Å². The van der Waals surface area contributed by atoms with Crippen LogP contribution in [0.5, 0.6) is 0 Å². The molecule has 0 fully saturated rings. The summed E-state index contributed by atoms with van der Waals surface area (Å²) in [6.45, 7) is 3.02. The number of likely N-dealkylation sites (N-methyl/N-ethyl adjacent to an activating group) is 1. The first-order chi connectivity index (χ1) is 9.90. The van der Waals surface area contributed by atoms with E-state index in [-0.39, 0.29) is 11.7 Å². The third-order valence-corrected chi connectivity index (χ3v) is 3.36. The summed E-state index contributed by atoms with van der Waals surface area (Å²) in [7, 11) is 3.88. The van der Waals surface area contributed by atoms with Crippen molar-refractivity contribution in [1.29, 1.82) is 0 Å². The van der Waals surface area contributed by atoms with Gasteiger partial charge in [0.1, 0.15) is 5.82 Å². The molecule has 1 N–H and O–H groups in total. The second-order valence-corrected chi connectivity index (χ2v) is 5.60. The van der Waals surface area contributed by atoms with E-state index in [1.807, 2.05) is 19.0 Å². The number of carbonyl (C=O) groups is 1. The average molecular weight is 293 g/mol. The second kappa shape index (κ2) is 6.22. The van der Waals surface area contributed by atoms with Crippen molar-refractivity contribution in [2.45, 2.75) is 18.9 Å².